The van der Waals surface area contributed by atoms with Crippen LogP contribution in [0.15, 0.2) is 58.8 Å². The average Bonchev–Trinajstić information content (AvgIpc) is 3.77. The Balaban J connectivity index is 1.47. The second-order valence-electron chi connectivity index (χ2n) is 10.1. The number of hydrogen-bond donors (Lipinski definition) is 4. The molecule has 0 saturated heterocycles. The van der Waals surface area contributed by atoms with Crippen molar-refractivity contribution < 1.29 is 23.6 Å². The number of oxazole rings is 1. The second kappa shape index (κ2) is 12.8. The molecular weight excluding hydrogens is 560 g/mol. The zero-order valence-electron chi connectivity index (χ0n) is 23.0. The van der Waals surface area contributed by atoms with Crippen molar-refractivity contribution >= 4 is 35.0 Å². The average molecular weight is 591 g/mol. The van der Waals surface area contributed by atoms with Crippen LogP contribution in [0.3, 0.4) is 0 Å². The lowest BCUT2D eigenvalue weighted by molar-refractivity contribution is -0.122. The highest BCUT2D eigenvalue weighted by atomic mass is 32.1. The Morgan fingerprint density at radius 1 is 1.10 bits per heavy atom. The fraction of sp³-hybridized carbons (Fsp3) is 0.321. The first-order valence-corrected chi connectivity index (χ1v) is 14.3. The van der Waals surface area contributed by atoms with Gasteiger partial charge >= 0.3 is 0 Å². The van der Waals surface area contributed by atoms with Gasteiger partial charge in [0.2, 0.25) is 11.8 Å². The van der Waals surface area contributed by atoms with Gasteiger partial charge in [-0.3, -0.25) is 19.2 Å². The molecule has 0 radical (unpaired) electrons. The molecule has 4 N–H and O–H groups in total. The number of nitrogens with one attached hydrogen (secondary N) is 4. The summed E-state index contributed by atoms with van der Waals surface area (Å²) in [7, 11) is 0. The number of amides is 4. The van der Waals surface area contributed by atoms with Crippen LogP contribution in [0.5, 0.6) is 0 Å². The quantitative estimate of drug-likeness (QED) is 0.280. The summed E-state index contributed by atoms with van der Waals surface area (Å²) in [5.41, 5.74) is 1.11. The number of thiazole rings is 1. The van der Waals surface area contributed by atoms with Crippen molar-refractivity contribution in [2.45, 2.75) is 32.4 Å². The summed E-state index contributed by atoms with van der Waals surface area (Å²) in [6.45, 7) is 3.63. The molecule has 3 aromatic heterocycles. The van der Waals surface area contributed by atoms with E-state index in [9.17, 15) is 19.2 Å². The van der Waals surface area contributed by atoms with Gasteiger partial charge in [0.05, 0.1) is 6.04 Å². The Kier molecular flexibility index (Phi) is 8.71. The Labute approximate surface area is 245 Å². The number of aromatic amines is 1. The monoisotopic (exact) mass is 590 g/mol. The lowest BCUT2D eigenvalue weighted by atomic mass is 10.0. The molecule has 1 aliphatic rings. The Hall–Kier alpha value is -4.85. The molecule has 4 bridgehead atoms. The molecule has 0 fully saturated rings. The van der Waals surface area contributed by atoms with E-state index in [1.807, 2.05) is 44.2 Å². The summed E-state index contributed by atoms with van der Waals surface area (Å²) < 4.78 is 5.66. The zero-order chi connectivity index (χ0) is 29.6. The molecule has 14 heteroatoms. The highest BCUT2D eigenvalue weighted by molar-refractivity contribution is 7.09. The first kappa shape index (κ1) is 28.7. The fourth-order valence-electron chi connectivity index (χ4n) is 4.45. The first-order chi connectivity index (χ1) is 20.3. The minimum absolute atomic E-state index is 0.0100. The van der Waals surface area contributed by atoms with Gasteiger partial charge < -0.3 is 30.3 Å². The molecule has 5 rings (SSSR count). The van der Waals surface area contributed by atoms with Gasteiger partial charge in [-0.25, -0.2) is 15.0 Å². The van der Waals surface area contributed by atoms with Crippen LogP contribution in [-0.4, -0.2) is 68.1 Å². The lowest BCUT2D eigenvalue weighted by Gasteiger charge is -2.25. The van der Waals surface area contributed by atoms with Gasteiger partial charge in [0.25, 0.3) is 17.7 Å². The second-order valence-corrected chi connectivity index (χ2v) is 11.0. The van der Waals surface area contributed by atoms with E-state index in [0.717, 1.165) is 5.56 Å². The molecule has 218 valence electrons. The summed E-state index contributed by atoms with van der Waals surface area (Å²) in [6.07, 6.45) is 4.53. The summed E-state index contributed by atoms with van der Waals surface area (Å²) in [6, 6.07) is 8.31. The number of H-pyrrole nitrogens is 1. The maximum absolute atomic E-state index is 13.3. The van der Waals surface area contributed by atoms with E-state index in [-0.39, 0.29) is 48.7 Å². The lowest BCUT2D eigenvalue weighted by Crippen LogP contribution is -2.46. The maximum atomic E-state index is 13.3. The van der Waals surface area contributed by atoms with Gasteiger partial charge in [-0.2, -0.15) is 0 Å². The van der Waals surface area contributed by atoms with Gasteiger partial charge in [-0.15, -0.1) is 11.3 Å². The fourth-order valence-corrected chi connectivity index (χ4v) is 5.47. The van der Waals surface area contributed by atoms with Crippen molar-refractivity contribution in [2.75, 3.05) is 19.6 Å². The molecule has 2 atom stereocenters. The molecule has 42 heavy (non-hydrogen) atoms. The van der Waals surface area contributed by atoms with Crippen LogP contribution < -0.4 is 16.0 Å². The van der Waals surface area contributed by atoms with E-state index in [1.165, 1.54) is 34.9 Å². The summed E-state index contributed by atoms with van der Waals surface area (Å²) in [4.78, 5) is 69.5. The SMILES string of the molecule is CC(C)[C@@H]1NC(=O)CN(C(=O)c2ncc[nH]2)CCNC(=O)c2coc(n2)[C@H](Cc2ccccc2)NC(=O)c2csc1n2. The van der Waals surface area contributed by atoms with Crippen LogP contribution >= 0.6 is 11.3 Å². The van der Waals surface area contributed by atoms with Gasteiger partial charge in [0, 0.05) is 37.3 Å². The largest absolute Gasteiger partial charge is 0.446 e. The highest BCUT2D eigenvalue weighted by Gasteiger charge is 2.28. The maximum Gasteiger partial charge on any atom is 0.290 e. The van der Waals surface area contributed by atoms with Crippen LogP contribution in [0, 0.1) is 5.92 Å². The van der Waals surface area contributed by atoms with Crippen molar-refractivity contribution in [1.82, 2.24) is 40.8 Å². The number of carbonyl (C=O) groups is 4. The molecule has 0 spiro atoms. The third-order valence-corrected chi connectivity index (χ3v) is 7.56. The van der Waals surface area contributed by atoms with Crippen LogP contribution in [0.1, 0.15) is 74.0 Å². The van der Waals surface area contributed by atoms with Crippen molar-refractivity contribution in [3.63, 3.8) is 0 Å². The van der Waals surface area contributed by atoms with Crippen LogP contribution in [0.4, 0.5) is 0 Å². The summed E-state index contributed by atoms with van der Waals surface area (Å²) in [5, 5.41) is 10.8. The van der Waals surface area contributed by atoms with E-state index >= 15 is 0 Å². The molecule has 4 aromatic rings. The van der Waals surface area contributed by atoms with Crippen molar-refractivity contribution in [2.24, 2.45) is 5.92 Å². The number of nitrogens with zero attached hydrogens (tertiary/aromatic N) is 4. The van der Waals surface area contributed by atoms with E-state index < -0.39 is 35.7 Å². The smallest absolute Gasteiger partial charge is 0.290 e. The highest BCUT2D eigenvalue weighted by Crippen LogP contribution is 2.26. The molecule has 4 heterocycles. The number of fused-ring (bicyclic) bond motifs is 4. The van der Waals surface area contributed by atoms with Crippen molar-refractivity contribution in [3.05, 3.63) is 88.0 Å². The molecule has 0 unspecified atom stereocenters. The Morgan fingerprint density at radius 2 is 1.90 bits per heavy atom. The minimum atomic E-state index is -0.688. The number of benzene rings is 1. The zero-order valence-corrected chi connectivity index (χ0v) is 23.8. The number of aromatic nitrogens is 4. The van der Waals surface area contributed by atoms with Gasteiger partial charge in [0.1, 0.15) is 29.6 Å². The van der Waals surface area contributed by atoms with E-state index in [0.29, 0.717) is 11.4 Å². The molecule has 1 aromatic carbocycles. The molecule has 0 saturated carbocycles. The molecule has 13 nitrogen and oxygen atoms in total. The van der Waals surface area contributed by atoms with Crippen LogP contribution in [-0.2, 0) is 11.2 Å². The normalized spacial score (nSPS) is 18.5. The third-order valence-electron chi connectivity index (χ3n) is 6.63. The predicted octanol–water partition coefficient (Wildman–Crippen LogP) is 2.27. The number of carbonyl (C=O) groups excluding carboxylic acids is 4. The van der Waals surface area contributed by atoms with Gasteiger partial charge in [-0.05, 0) is 11.5 Å². The van der Waals surface area contributed by atoms with Gasteiger partial charge in [0.15, 0.2) is 11.5 Å². The number of rotatable bonds is 4. The third kappa shape index (κ3) is 6.71. The molecule has 4 amide bonds. The predicted molar refractivity (Wildman–Crippen MR) is 152 cm³/mol. The van der Waals surface area contributed by atoms with Crippen LogP contribution in [0.25, 0.3) is 0 Å². The summed E-state index contributed by atoms with van der Waals surface area (Å²) >= 11 is 1.26. The minimum Gasteiger partial charge on any atom is -0.446 e. The number of imidazole rings is 1. The first-order valence-electron chi connectivity index (χ1n) is 13.4. The van der Waals surface area contributed by atoms with E-state index in [1.54, 1.807) is 5.38 Å². The van der Waals surface area contributed by atoms with Crippen LogP contribution in [0.2, 0.25) is 0 Å². The standard InChI is InChI=1S/C28H30N8O5S/c1-16(2)22-27-34-20(15-42-27)25(39)32-18(12-17-6-4-3-5-7-17)26-33-19(14-41-26)24(38)31-10-11-36(13-21(37)35-22)28(40)23-29-8-9-30-23/h3-9,14-16,18,22H,10-13H2,1-2H3,(H,29,30)(H,31,38)(H,32,39)(H,35,37)/t18-,22-/m0/s1. The molecular formula is C28H30N8O5S. The summed E-state index contributed by atoms with van der Waals surface area (Å²) in [5.74, 6) is -1.74. The molecule has 1 aliphatic heterocycles. The number of hydrogen-bond acceptors (Lipinski definition) is 9. The van der Waals surface area contributed by atoms with Gasteiger partial charge in [-0.1, -0.05) is 44.2 Å². The Bertz CT molecular complexity index is 1550. The Morgan fingerprint density at radius 3 is 2.64 bits per heavy atom. The topological polar surface area (TPSA) is 175 Å². The molecule has 0 aliphatic carbocycles. The van der Waals surface area contributed by atoms with E-state index in [2.05, 4.69) is 35.9 Å². The van der Waals surface area contributed by atoms with Crippen molar-refractivity contribution in [1.29, 1.82) is 0 Å². The van der Waals surface area contributed by atoms with Crippen molar-refractivity contribution in [3.8, 4) is 0 Å². The van der Waals surface area contributed by atoms with E-state index in [4.69, 9.17) is 4.42 Å².